The molecule has 0 spiro atoms. The quantitative estimate of drug-likeness (QED) is 0.761. The van der Waals surface area contributed by atoms with Gasteiger partial charge < -0.3 is 10.6 Å². The number of carbonyl (C=O) groups is 1. The summed E-state index contributed by atoms with van der Waals surface area (Å²) in [5.74, 6) is 1.53. The van der Waals surface area contributed by atoms with Crippen LogP contribution in [0.4, 0.5) is 11.6 Å². The second-order valence-electron chi connectivity index (χ2n) is 5.90. The van der Waals surface area contributed by atoms with E-state index in [2.05, 4.69) is 25.6 Å². The van der Waals surface area contributed by atoms with Crippen molar-refractivity contribution < 1.29 is 4.79 Å². The lowest BCUT2D eigenvalue weighted by Gasteiger charge is -2.11. The van der Waals surface area contributed by atoms with Crippen LogP contribution in [0.2, 0.25) is 0 Å². The van der Waals surface area contributed by atoms with E-state index in [4.69, 9.17) is 0 Å². The molecular weight excluding hydrogens is 322 g/mol. The van der Waals surface area contributed by atoms with Gasteiger partial charge in [0.15, 0.2) is 0 Å². The first kappa shape index (κ1) is 15.0. The summed E-state index contributed by atoms with van der Waals surface area (Å²) in [5, 5.41) is 10.9. The molecule has 3 heterocycles. The predicted molar refractivity (Wildman–Crippen MR) is 96.3 cm³/mol. The number of rotatable bonds is 4. The fraction of sp³-hybridized carbons (Fsp3) is 0.294. The number of amides is 1. The van der Waals surface area contributed by atoms with Crippen LogP contribution < -0.4 is 10.6 Å². The van der Waals surface area contributed by atoms with Gasteiger partial charge in [-0.05, 0) is 25.8 Å². The third-order valence-corrected chi connectivity index (χ3v) is 4.88. The van der Waals surface area contributed by atoms with Gasteiger partial charge in [0.05, 0.1) is 10.7 Å². The fourth-order valence-electron chi connectivity index (χ4n) is 2.67. The molecule has 4 rings (SSSR count). The predicted octanol–water partition coefficient (Wildman–Crippen LogP) is 3.45. The summed E-state index contributed by atoms with van der Waals surface area (Å²) in [7, 11) is 1.83. The largest absolute Gasteiger partial charge is 0.373 e. The minimum Gasteiger partial charge on any atom is -0.373 e. The van der Waals surface area contributed by atoms with Gasteiger partial charge in [-0.3, -0.25) is 4.79 Å². The maximum Gasteiger partial charge on any atom is 0.228 e. The van der Waals surface area contributed by atoms with Crippen molar-refractivity contribution in [2.24, 2.45) is 5.92 Å². The van der Waals surface area contributed by atoms with E-state index in [9.17, 15) is 4.79 Å². The Labute approximate surface area is 143 Å². The minimum absolute atomic E-state index is 0.0517. The molecule has 0 bridgehead atoms. The Morgan fingerprint density at radius 3 is 2.75 bits per heavy atom. The molecule has 1 aliphatic carbocycles. The number of nitrogens with one attached hydrogen (secondary N) is 2. The molecule has 0 radical (unpaired) electrons. The highest BCUT2D eigenvalue weighted by atomic mass is 32.1. The van der Waals surface area contributed by atoms with Crippen molar-refractivity contribution in [3.05, 3.63) is 28.8 Å². The van der Waals surface area contributed by atoms with Crippen molar-refractivity contribution in [2.45, 2.75) is 19.8 Å². The first-order chi connectivity index (χ1) is 11.7. The molecule has 0 unspecified atom stereocenters. The van der Waals surface area contributed by atoms with Crippen LogP contribution in [-0.2, 0) is 4.79 Å². The zero-order valence-electron chi connectivity index (χ0n) is 13.5. The van der Waals surface area contributed by atoms with Gasteiger partial charge in [-0.2, -0.15) is 0 Å². The maximum atomic E-state index is 12.0. The van der Waals surface area contributed by atoms with Gasteiger partial charge in [0.25, 0.3) is 0 Å². The number of hydrogen-bond acceptors (Lipinski definition) is 6. The van der Waals surface area contributed by atoms with Crippen LogP contribution in [0.3, 0.4) is 0 Å². The molecule has 0 aliphatic heterocycles. The Morgan fingerprint density at radius 1 is 1.25 bits per heavy atom. The number of aryl methyl sites for hydroxylation is 1. The molecule has 24 heavy (non-hydrogen) atoms. The van der Waals surface area contributed by atoms with E-state index in [0.717, 1.165) is 45.7 Å². The number of fused-ring (bicyclic) bond motifs is 1. The van der Waals surface area contributed by atoms with Crippen LogP contribution in [0.1, 0.15) is 17.8 Å². The van der Waals surface area contributed by atoms with Crippen molar-refractivity contribution in [1.29, 1.82) is 0 Å². The molecule has 1 amide bonds. The average molecular weight is 339 g/mol. The Hall–Kier alpha value is -2.54. The van der Waals surface area contributed by atoms with Gasteiger partial charge in [0.2, 0.25) is 5.91 Å². The summed E-state index contributed by atoms with van der Waals surface area (Å²) in [6.45, 7) is 1.98. The first-order valence-corrected chi connectivity index (χ1v) is 8.73. The van der Waals surface area contributed by atoms with E-state index in [0.29, 0.717) is 5.82 Å². The Kier molecular flexibility index (Phi) is 3.65. The molecule has 3 aromatic heterocycles. The normalized spacial score (nSPS) is 13.9. The monoisotopic (exact) mass is 339 g/mol. The topological polar surface area (TPSA) is 79.8 Å². The Bertz CT molecular complexity index is 932. The van der Waals surface area contributed by atoms with Crippen molar-refractivity contribution in [3.63, 3.8) is 0 Å². The fourth-order valence-corrected chi connectivity index (χ4v) is 3.28. The average Bonchev–Trinajstić information content (AvgIpc) is 3.35. The highest BCUT2D eigenvalue weighted by Gasteiger charge is 2.29. The molecule has 0 saturated heterocycles. The van der Waals surface area contributed by atoms with Crippen LogP contribution >= 0.6 is 11.3 Å². The van der Waals surface area contributed by atoms with Crippen LogP contribution in [-0.4, -0.2) is 27.9 Å². The number of aromatic nitrogens is 3. The van der Waals surface area contributed by atoms with Crippen LogP contribution in [0.5, 0.6) is 0 Å². The van der Waals surface area contributed by atoms with Gasteiger partial charge in [-0.1, -0.05) is 0 Å². The summed E-state index contributed by atoms with van der Waals surface area (Å²) < 4.78 is 0. The van der Waals surface area contributed by atoms with E-state index < -0.39 is 0 Å². The lowest BCUT2D eigenvalue weighted by atomic mass is 10.1. The van der Waals surface area contributed by atoms with E-state index in [-0.39, 0.29) is 11.8 Å². The molecule has 1 saturated carbocycles. The lowest BCUT2D eigenvalue weighted by Crippen LogP contribution is -2.14. The van der Waals surface area contributed by atoms with Gasteiger partial charge in [-0.15, -0.1) is 11.3 Å². The number of nitrogens with zero attached hydrogens (tertiary/aromatic N) is 3. The molecule has 0 aromatic carbocycles. The smallest absolute Gasteiger partial charge is 0.228 e. The highest BCUT2D eigenvalue weighted by Crippen LogP contribution is 2.34. The molecular formula is C17H17N5OS. The zero-order chi connectivity index (χ0) is 16.7. The molecule has 122 valence electrons. The van der Waals surface area contributed by atoms with Gasteiger partial charge >= 0.3 is 0 Å². The van der Waals surface area contributed by atoms with Crippen LogP contribution in [0, 0.1) is 12.8 Å². The van der Waals surface area contributed by atoms with Crippen molar-refractivity contribution in [1.82, 2.24) is 15.0 Å². The number of pyridine rings is 2. The van der Waals surface area contributed by atoms with E-state index in [1.54, 1.807) is 17.5 Å². The number of hydrogen-bond donors (Lipinski definition) is 2. The molecule has 2 N–H and O–H groups in total. The second-order valence-corrected chi connectivity index (χ2v) is 6.96. The number of carbonyl (C=O) groups excluding carboxylic acids is 1. The summed E-state index contributed by atoms with van der Waals surface area (Å²) in [4.78, 5) is 25.4. The molecule has 6 nitrogen and oxygen atoms in total. The Morgan fingerprint density at radius 2 is 2.08 bits per heavy atom. The maximum absolute atomic E-state index is 12.0. The minimum atomic E-state index is 0.0517. The summed E-state index contributed by atoms with van der Waals surface area (Å²) >= 11 is 1.60. The second kappa shape index (κ2) is 5.83. The standard InChI is InChI=1S/C17H17N5OS/c1-9-21-14(8-24-9)12-6-20-16(18-2)13-7-19-15(5-11(12)13)22-17(23)10-3-4-10/h5-8,10H,3-4H2,1-2H3,(H,18,20)(H,19,22,23). The van der Waals surface area contributed by atoms with Gasteiger partial charge in [0.1, 0.15) is 11.6 Å². The summed E-state index contributed by atoms with van der Waals surface area (Å²) in [6, 6.07) is 1.90. The molecule has 1 fully saturated rings. The third kappa shape index (κ3) is 2.71. The Balaban J connectivity index is 1.83. The van der Waals surface area contributed by atoms with Gasteiger partial charge in [-0.25, -0.2) is 15.0 Å². The van der Waals surface area contributed by atoms with Gasteiger partial charge in [0, 0.05) is 47.1 Å². The zero-order valence-corrected chi connectivity index (χ0v) is 14.3. The van der Waals surface area contributed by atoms with Crippen molar-refractivity contribution in [3.8, 4) is 11.3 Å². The number of anilines is 2. The van der Waals surface area contributed by atoms with Crippen LogP contribution in [0.15, 0.2) is 23.8 Å². The highest BCUT2D eigenvalue weighted by molar-refractivity contribution is 7.09. The SMILES string of the molecule is CNc1ncc(-c2csc(C)n2)c2cc(NC(=O)C3CC3)ncc12. The van der Waals surface area contributed by atoms with E-state index >= 15 is 0 Å². The van der Waals surface area contributed by atoms with Crippen LogP contribution in [0.25, 0.3) is 22.0 Å². The van der Waals surface area contributed by atoms with Crippen molar-refractivity contribution >= 4 is 39.7 Å². The summed E-state index contributed by atoms with van der Waals surface area (Å²) in [6.07, 6.45) is 5.50. The third-order valence-electron chi connectivity index (χ3n) is 4.10. The number of thiazole rings is 1. The summed E-state index contributed by atoms with van der Waals surface area (Å²) in [5.41, 5.74) is 1.83. The first-order valence-electron chi connectivity index (χ1n) is 7.85. The molecule has 1 aliphatic rings. The lowest BCUT2D eigenvalue weighted by molar-refractivity contribution is -0.117. The molecule has 7 heteroatoms. The molecule has 0 atom stereocenters. The van der Waals surface area contributed by atoms with Crippen molar-refractivity contribution in [2.75, 3.05) is 17.7 Å². The van der Waals surface area contributed by atoms with E-state index in [1.807, 2.05) is 31.6 Å². The van der Waals surface area contributed by atoms with E-state index in [1.165, 1.54) is 0 Å². The molecule has 3 aromatic rings.